The first-order chi connectivity index (χ1) is 20.2. The molecule has 12 heteroatoms. The van der Waals surface area contributed by atoms with Crippen LogP contribution in [0.1, 0.15) is 68.1 Å². The minimum atomic E-state index is -3.79. The second-order valence-electron chi connectivity index (χ2n) is 11.7. The number of ether oxygens (including phenoxy) is 1. The van der Waals surface area contributed by atoms with Gasteiger partial charge in [0.2, 0.25) is 10.0 Å². The van der Waals surface area contributed by atoms with Crippen molar-refractivity contribution in [2.45, 2.75) is 57.9 Å². The lowest BCUT2D eigenvalue weighted by atomic mass is 9.81. The van der Waals surface area contributed by atoms with Gasteiger partial charge in [0, 0.05) is 38.1 Å². The van der Waals surface area contributed by atoms with Crippen LogP contribution < -0.4 is 9.62 Å². The Morgan fingerprint density at radius 1 is 1.10 bits per heavy atom. The number of amides is 1. The van der Waals surface area contributed by atoms with Crippen LogP contribution in [-0.2, 0) is 14.8 Å². The van der Waals surface area contributed by atoms with Crippen LogP contribution in [0.5, 0.6) is 0 Å². The van der Waals surface area contributed by atoms with Crippen LogP contribution in [0.4, 0.5) is 10.1 Å². The molecule has 10 nitrogen and oxygen atoms in total. The summed E-state index contributed by atoms with van der Waals surface area (Å²) >= 11 is 0. The maximum atomic E-state index is 13.8. The van der Waals surface area contributed by atoms with Crippen LogP contribution >= 0.6 is 0 Å². The number of pyridine rings is 1. The van der Waals surface area contributed by atoms with Gasteiger partial charge in [0.15, 0.2) is 5.65 Å². The Morgan fingerprint density at radius 2 is 1.79 bits per heavy atom. The van der Waals surface area contributed by atoms with E-state index in [2.05, 4.69) is 21.4 Å². The summed E-state index contributed by atoms with van der Waals surface area (Å²) in [6.45, 7) is 8.87. The topological polar surface area (TPSA) is 110 Å². The molecular formula is C30H39FN6O4S. The molecule has 1 unspecified atom stereocenters. The van der Waals surface area contributed by atoms with Gasteiger partial charge in [-0.05, 0) is 75.8 Å². The molecule has 0 bridgehead atoms. The minimum absolute atomic E-state index is 0.0155. The molecule has 3 aliphatic rings. The molecule has 226 valence electrons. The molecule has 42 heavy (non-hydrogen) atoms. The second-order valence-corrected chi connectivity index (χ2v) is 13.7. The summed E-state index contributed by atoms with van der Waals surface area (Å²) in [6, 6.07) is 8.21. The highest BCUT2D eigenvalue weighted by Gasteiger charge is 2.33. The largest absolute Gasteiger partial charge is 0.379 e. The average molecular weight is 599 g/mol. The zero-order chi connectivity index (χ0) is 29.4. The van der Waals surface area contributed by atoms with Crippen molar-refractivity contribution in [2.24, 2.45) is 5.92 Å². The number of carbonyl (C=O) groups excluding carboxylic acids is 1. The van der Waals surface area contributed by atoms with Crippen LogP contribution in [0.3, 0.4) is 0 Å². The van der Waals surface area contributed by atoms with Crippen LogP contribution in [0, 0.1) is 11.7 Å². The van der Waals surface area contributed by atoms with E-state index < -0.39 is 15.9 Å². The smallest absolute Gasteiger partial charge is 0.283 e. The first-order valence-electron chi connectivity index (χ1n) is 15.0. The molecule has 2 aliphatic heterocycles. The molecule has 1 N–H and O–H groups in total. The van der Waals surface area contributed by atoms with E-state index in [1.807, 2.05) is 0 Å². The third-order valence-corrected chi connectivity index (χ3v) is 10.5. The van der Waals surface area contributed by atoms with E-state index in [0.29, 0.717) is 23.3 Å². The molecule has 6 rings (SSSR count). The fourth-order valence-electron chi connectivity index (χ4n) is 6.39. The van der Waals surface area contributed by atoms with Gasteiger partial charge >= 0.3 is 0 Å². The van der Waals surface area contributed by atoms with Crippen molar-refractivity contribution in [3.63, 3.8) is 0 Å². The van der Waals surface area contributed by atoms with Gasteiger partial charge in [-0.1, -0.05) is 6.42 Å². The Kier molecular flexibility index (Phi) is 8.21. The van der Waals surface area contributed by atoms with Crippen molar-refractivity contribution in [2.75, 3.05) is 50.0 Å². The lowest BCUT2D eigenvalue weighted by Gasteiger charge is -2.41. The molecule has 0 spiro atoms. The molecule has 1 atom stereocenters. The highest BCUT2D eigenvalue weighted by atomic mass is 32.2. The van der Waals surface area contributed by atoms with E-state index in [1.54, 1.807) is 22.9 Å². The maximum Gasteiger partial charge on any atom is 0.283 e. The van der Waals surface area contributed by atoms with Crippen molar-refractivity contribution in [3.05, 3.63) is 47.5 Å². The average Bonchev–Trinajstić information content (AvgIpc) is 3.35. The predicted molar refractivity (Wildman–Crippen MR) is 159 cm³/mol. The van der Waals surface area contributed by atoms with E-state index in [0.717, 1.165) is 88.3 Å². The van der Waals surface area contributed by atoms with E-state index in [9.17, 15) is 17.6 Å². The summed E-state index contributed by atoms with van der Waals surface area (Å²) in [4.78, 5) is 22.8. The second kappa shape index (κ2) is 11.9. The molecule has 3 aromatic rings. The first-order valence-corrected chi connectivity index (χ1v) is 16.7. The highest BCUT2D eigenvalue weighted by molar-refractivity contribution is 7.90. The SMILES string of the molecule is CCS(=O)(=O)NC(=O)c1cc(N2CCC(C(C)N3CCOCC3)CC2)c2c(C3CCC3)nn(-c3ccc(F)cc3)c2n1. The summed E-state index contributed by atoms with van der Waals surface area (Å²) in [5.41, 5.74) is 2.90. The Bertz CT molecular complexity index is 1540. The number of benzene rings is 1. The lowest BCUT2D eigenvalue weighted by molar-refractivity contribution is 0.00450. The van der Waals surface area contributed by atoms with Crippen molar-refractivity contribution in [1.82, 2.24) is 24.4 Å². The molecule has 1 saturated carbocycles. The number of carbonyl (C=O) groups is 1. The molecular weight excluding hydrogens is 559 g/mol. The number of aromatic nitrogens is 3. The summed E-state index contributed by atoms with van der Waals surface area (Å²) in [7, 11) is -3.79. The number of fused-ring (bicyclic) bond motifs is 1. The van der Waals surface area contributed by atoms with Crippen molar-refractivity contribution in [1.29, 1.82) is 0 Å². The summed E-state index contributed by atoms with van der Waals surface area (Å²) in [5, 5.41) is 5.89. The van der Waals surface area contributed by atoms with Crippen molar-refractivity contribution in [3.8, 4) is 5.69 Å². The van der Waals surface area contributed by atoms with Gasteiger partial charge in [-0.3, -0.25) is 9.69 Å². The third-order valence-electron chi connectivity index (χ3n) is 9.25. The number of hydrogen-bond donors (Lipinski definition) is 1. The van der Waals surface area contributed by atoms with Gasteiger partial charge in [-0.15, -0.1) is 0 Å². The van der Waals surface area contributed by atoms with Gasteiger partial charge < -0.3 is 9.64 Å². The van der Waals surface area contributed by atoms with Gasteiger partial charge in [0.05, 0.1) is 41.4 Å². The number of rotatable bonds is 8. The molecule has 3 fully saturated rings. The standard InChI is InChI=1S/C30H39FN6O4S/c1-3-42(39,40)34-30(38)25-19-26(36-13-11-21(12-14-36)20(2)35-15-17-41-18-16-35)27-28(22-5-4-6-22)33-37(29(27)32-25)24-9-7-23(31)8-10-24/h7-10,19-22H,3-6,11-18H2,1-2H3,(H,34,38). The number of halogens is 1. The third kappa shape index (κ3) is 5.76. The first kappa shape index (κ1) is 29.0. The molecule has 4 heterocycles. The number of piperidine rings is 1. The molecule has 1 amide bonds. The van der Waals surface area contributed by atoms with E-state index in [-0.39, 0.29) is 23.2 Å². The quantitative estimate of drug-likeness (QED) is 0.417. The number of anilines is 1. The Labute approximate surface area is 246 Å². The molecule has 1 aliphatic carbocycles. The number of hydrogen-bond acceptors (Lipinski definition) is 8. The Hall–Kier alpha value is -3.09. The predicted octanol–water partition coefficient (Wildman–Crippen LogP) is 3.84. The summed E-state index contributed by atoms with van der Waals surface area (Å²) in [5.74, 6) is -0.534. The normalized spacial score (nSPS) is 20.0. The number of sulfonamides is 1. The molecule has 2 aromatic heterocycles. The van der Waals surface area contributed by atoms with Crippen LogP contribution in [-0.4, -0.2) is 85.2 Å². The zero-order valence-corrected chi connectivity index (χ0v) is 25.1. The maximum absolute atomic E-state index is 13.8. The number of nitrogens with zero attached hydrogens (tertiary/aromatic N) is 5. The minimum Gasteiger partial charge on any atom is -0.379 e. The van der Waals surface area contributed by atoms with E-state index in [4.69, 9.17) is 14.8 Å². The van der Waals surface area contributed by atoms with Crippen LogP contribution in [0.25, 0.3) is 16.7 Å². The summed E-state index contributed by atoms with van der Waals surface area (Å²) in [6.07, 6.45) is 5.16. The number of morpholine rings is 1. The highest BCUT2D eigenvalue weighted by Crippen LogP contribution is 2.43. The van der Waals surface area contributed by atoms with Crippen LogP contribution in [0.2, 0.25) is 0 Å². The fourth-order valence-corrected chi connectivity index (χ4v) is 6.92. The number of nitrogens with one attached hydrogen (secondary N) is 1. The Morgan fingerprint density at radius 3 is 2.40 bits per heavy atom. The molecule has 2 saturated heterocycles. The van der Waals surface area contributed by atoms with E-state index >= 15 is 0 Å². The van der Waals surface area contributed by atoms with Crippen molar-refractivity contribution >= 4 is 32.7 Å². The van der Waals surface area contributed by atoms with Gasteiger partial charge in [-0.25, -0.2) is 27.2 Å². The van der Waals surface area contributed by atoms with Gasteiger partial charge in [-0.2, -0.15) is 5.10 Å². The lowest BCUT2D eigenvalue weighted by Crippen LogP contribution is -2.48. The Balaban J connectivity index is 1.41. The van der Waals surface area contributed by atoms with Crippen LogP contribution in [0.15, 0.2) is 30.3 Å². The molecule has 0 radical (unpaired) electrons. The molecule has 1 aromatic carbocycles. The summed E-state index contributed by atoms with van der Waals surface area (Å²) < 4.78 is 47.8. The zero-order valence-electron chi connectivity index (χ0n) is 24.3. The van der Waals surface area contributed by atoms with E-state index in [1.165, 1.54) is 19.1 Å². The monoisotopic (exact) mass is 598 g/mol. The fraction of sp³-hybridized carbons (Fsp3) is 0.567. The van der Waals surface area contributed by atoms with Crippen molar-refractivity contribution < 1.29 is 22.3 Å². The van der Waals surface area contributed by atoms with Gasteiger partial charge in [0.1, 0.15) is 11.5 Å². The van der Waals surface area contributed by atoms with Gasteiger partial charge in [0.25, 0.3) is 5.91 Å².